The first-order valence-electron chi connectivity index (χ1n) is 11.3. The van der Waals surface area contributed by atoms with E-state index in [9.17, 15) is 19.2 Å². The summed E-state index contributed by atoms with van der Waals surface area (Å²) < 4.78 is 20.2. The van der Waals surface area contributed by atoms with Crippen LogP contribution in [0.15, 0.2) is 30.3 Å². The molecule has 3 N–H and O–H groups in total. The normalized spacial score (nSPS) is 17.9. The summed E-state index contributed by atoms with van der Waals surface area (Å²) in [5, 5.41) is 18.5. The SMILES string of the molecule is CC(=O)c1cccc(Nc2nc(N[C@@H]3CCCC[C@@H]3NC(=O)OC(C)(C)C)c(F)cc2C#N)c1. The quantitative estimate of drug-likeness (QED) is 0.495. The first-order chi connectivity index (χ1) is 16.1. The number of nitriles is 1. The van der Waals surface area contributed by atoms with Crippen LogP contribution in [0, 0.1) is 17.1 Å². The topological polar surface area (TPSA) is 116 Å². The van der Waals surface area contributed by atoms with Crippen molar-refractivity contribution >= 4 is 29.2 Å². The van der Waals surface area contributed by atoms with E-state index in [0.717, 1.165) is 25.3 Å². The van der Waals surface area contributed by atoms with Gasteiger partial charge in [-0.2, -0.15) is 5.26 Å². The van der Waals surface area contributed by atoms with E-state index in [4.69, 9.17) is 4.74 Å². The van der Waals surface area contributed by atoms with E-state index < -0.39 is 17.5 Å². The lowest BCUT2D eigenvalue weighted by Crippen LogP contribution is -2.50. The third-order valence-electron chi connectivity index (χ3n) is 5.42. The Hall–Kier alpha value is -3.67. The minimum Gasteiger partial charge on any atom is -0.444 e. The van der Waals surface area contributed by atoms with Crippen LogP contribution >= 0.6 is 0 Å². The fourth-order valence-corrected chi connectivity index (χ4v) is 3.83. The standard InChI is InChI=1S/C25H30FN5O3/c1-15(32)16-8-7-9-18(12-16)28-22-17(14-27)13-19(26)23(31-22)29-20-10-5-6-11-21(20)30-24(33)34-25(2,3)4/h7-9,12-13,20-21H,5-6,10-11H2,1-4H3,(H,30,33)(H2,28,29,31)/t20-,21+/m1/s1. The number of aromatic nitrogens is 1. The molecule has 180 valence electrons. The monoisotopic (exact) mass is 467 g/mol. The number of nitrogens with one attached hydrogen (secondary N) is 3. The number of amides is 1. The van der Waals surface area contributed by atoms with Crippen LogP contribution < -0.4 is 16.0 Å². The van der Waals surface area contributed by atoms with Crippen LogP contribution in [0.1, 0.15) is 69.3 Å². The van der Waals surface area contributed by atoms with Gasteiger partial charge in [-0.05, 0) is 58.7 Å². The molecule has 1 heterocycles. The lowest BCUT2D eigenvalue weighted by atomic mass is 9.90. The zero-order valence-corrected chi connectivity index (χ0v) is 19.9. The summed E-state index contributed by atoms with van der Waals surface area (Å²) in [5.74, 6) is -0.618. The van der Waals surface area contributed by atoms with Crippen molar-refractivity contribution in [2.24, 2.45) is 0 Å². The van der Waals surface area contributed by atoms with Crippen LogP contribution in [-0.4, -0.2) is 34.5 Å². The minimum absolute atomic E-state index is 0.0212. The third kappa shape index (κ3) is 6.67. The molecular weight excluding hydrogens is 437 g/mol. The third-order valence-corrected chi connectivity index (χ3v) is 5.42. The highest BCUT2D eigenvalue weighted by molar-refractivity contribution is 5.95. The maximum Gasteiger partial charge on any atom is 0.407 e. The van der Waals surface area contributed by atoms with Gasteiger partial charge in [-0.25, -0.2) is 14.2 Å². The predicted octanol–water partition coefficient (Wildman–Crippen LogP) is 5.29. The Kier molecular flexibility index (Phi) is 7.72. The van der Waals surface area contributed by atoms with Gasteiger partial charge >= 0.3 is 6.09 Å². The molecule has 1 aliphatic rings. The highest BCUT2D eigenvalue weighted by atomic mass is 19.1. The highest BCUT2D eigenvalue weighted by Gasteiger charge is 2.29. The number of ether oxygens (including phenoxy) is 1. The molecule has 3 rings (SSSR count). The van der Waals surface area contributed by atoms with Gasteiger partial charge in [0.25, 0.3) is 0 Å². The largest absolute Gasteiger partial charge is 0.444 e. The Labute approximate surface area is 198 Å². The van der Waals surface area contributed by atoms with Gasteiger partial charge in [-0.15, -0.1) is 0 Å². The lowest BCUT2D eigenvalue weighted by molar-refractivity contribution is 0.0488. The molecule has 9 heteroatoms. The number of carbonyl (C=O) groups excluding carboxylic acids is 2. The number of benzene rings is 1. The number of Topliss-reactive ketones (excluding diaryl/α,β-unsaturated/α-hetero) is 1. The number of halogens is 1. The second-order valence-electron chi connectivity index (χ2n) is 9.38. The summed E-state index contributed by atoms with van der Waals surface area (Å²) in [7, 11) is 0. The van der Waals surface area contributed by atoms with Gasteiger partial charge in [-0.1, -0.05) is 25.0 Å². The summed E-state index contributed by atoms with van der Waals surface area (Å²) in [6.07, 6.45) is 2.77. The maximum atomic E-state index is 14.8. The van der Waals surface area contributed by atoms with Gasteiger partial charge in [0, 0.05) is 17.3 Å². The van der Waals surface area contributed by atoms with Crippen molar-refractivity contribution in [3.63, 3.8) is 0 Å². The Morgan fingerprint density at radius 1 is 1.15 bits per heavy atom. The molecule has 0 bridgehead atoms. The van der Waals surface area contributed by atoms with Crippen molar-refractivity contribution < 1.29 is 18.7 Å². The van der Waals surface area contributed by atoms with Gasteiger partial charge < -0.3 is 20.7 Å². The molecule has 34 heavy (non-hydrogen) atoms. The Balaban J connectivity index is 1.82. The minimum atomic E-state index is -0.666. The van der Waals surface area contributed by atoms with E-state index in [-0.39, 0.29) is 35.1 Å². The van der Waals surface area contributed by atoms with Gasteiger partial charge in [0.15, 0.2) is 23.2 Å². The van der Waals surface area contributed by atoms with Crippen LogP contribution in [0.3, 0.4) is 0 Å². The first kappa shape index (κ1) is 25.0. The summed E-state index contributed by atoms with van der Waals surface area (Å²) in [5.41, 5.74) is 0.463. The van der Waals surface area contributed by atoms with Gasteiger partial charge in [-0.3, -0.25) is 4.79 Å². The molecule has 1 saturated carbocycles. The van der Waals surface area contributed by atoms with Crippen LogP contribution in [-0.2, 0) is 4.74 Å². The number of hydrogen-bond donors (Lipinski definition) is 3. The Bertz CT molecular complexity index is 1110. The molecule has 1 aliphatic carbocycles. The van der Waals surface area contributed by atoms with Crippen molar-refractivity contribution in [1.82, 2.24) is 10.3 Å². The zero-order valence-electron chi connectivity index (χ0n) is 19.9. The van der Waals surface area contributed by atoms with Gasteiger partial charge in [0.05, 0.1) is 11.6 Å². The summed E-state index contributed by atoms with van der Waals surface area (Å²) in [6.45, 7) is 6.84. The molecule has 0 unspecified atom stereocenters. The number of carbonyl (C=O) groups is 2. The van der Waals surface area contributed by atoms with Crippen LogP contribution in [0.25, 0.3) is 0 Å². The van der Waals surface area contributed by atoms with E-state index in [1.165, 1.54) is 6.92 Å². The first-order valence-corrected chi connectivity index (χ1v) is 11.3. The van der Waals surface area contributed by atoms with Crippen molar-refractivity contribution in [3.05, 3.63) is 47.3 Å². The smallest absolute Gasteiger partial charge is 0.407 e. The molecule has 0 saturated heterocycles. The predicted molar refractivity (Wildman–Crippen MR) is 128 cm³/mol. The van der Waals surface area contributed by atoms with E-state index in [2.05, 4.69) is 20.9 Å². The van der Waals surface area contributed by atoms with E-state index in [0.29, 0.717) is 17.7 Å². The van der Waals surface area contributed by atoms with Crippen molar-refractivity contribution in [3.8, 4) is 6.07 Å². The molecule has 8 nitrogen and oxygen atoms in total. The molecule has 2 atom stereocenters. The fourth-order valence-electron chi connectivity index (χ4n) is 3.83. The van der Waals surface area contributed by atoms with Crippen molar-refractivity contribution in [2.75, 3.05) is 10.6 Å². The number of anilines is 3. The van der Waals surface area contributed by atoms with Crippen molar-refractivity contribution in [2.45, 2.75) is 71.1 Å². The molecular formula is C25H30FN5O3. The van der Waals surface area contributed by atoms with Gasteiger partial charge in [0.2, 0.25) is 0 Å². The number of alkyl carbamates (subject to hydrolysis) is 1. The molecule has 1 amide bonds. The molecule has 0 spiro atoms. The molecule has 2 aromatic rings. The molecule has 1 aromatic heterocycles. The lowest BCUT2D eigenvalue weighted by Gasteiger charge is -2.33. The zero-order chi connectivity index (χ0) is 24.9. The number of nitrogens with zero attached hydrogens (tertiary/aromatic N) is 2. The number of ketones is 1. The molecule has 0 radical (unpaired) electrons. The van der Waals surface area contributed by atoms with Crippen LogP contribution in [0.2, 0.25) is 0 Å². The van der Waals surface area contributed by atoms with E-state index >= 15 is 0 Å². The second kappa shape index (κ2) is 10.5. The highest BCUT2D eigenvalue weighted by Crippen LogP contribution is 2.27. The van der Waals surface area contributed by atoms with E-state index in [1.54, 1.807) is 45.0 Å². The number of hydrogen-bond acceptors (Lipinski definition) is 7. The Morgan fingerprint density at radius 2 is 1.85 bits per heavy atom. The van der Waals surface area contributed by atoms with Crippen molar-refractivity contribution in [1.29, 1.82) is 5.26 Å². The molecule has 1 aromatic carbocycles. The molecule has 0 aliphatic heterocycles. The number of rotatable bonds is 6. The number of pyridine rings is 1. The molecule has 1 fully saturated rings. The summed E-state index contributed by atoms with van der Waals surface area (Å²) in [4.78, 5) is 28.3. The fraction of sp³-hybridized carbons (Fsp3) is 0.440. The average molecular weight is 468 g/mol. The summed E-state index contributed by atoms with van der Waals surface area (Å²) >= 11 is 0. The van der Waals surface area contributed by atoms with E-state index in [1.807, 2.05) is 6.07 Å². The van der Waals surface area contributed by atoms with Crippen LogP contribution in [0.5, 0.6) is 0 Å². The second-order valence-corrected chi connectivity index (χ2v) is 9.38. The maximum absolute atomic E-state index is 14.8. The average Bonchev–Trinajstić information content (AvgIpc) is 2.76. The van der Waals surface area contributed by atoms with Crippen LogP contribution in [0.4, 0.5) is 26.5 Å². The summed E-state index contributed by atoms with van der Waals surface area (Å²) in [6, 6.07) is 9.31. The Morgan fingerprint density at radius 3 is 2.50 bits per heavy atom. The van der Waals surface area contributed by atoms with Gasteiger partial charge in [0.1, 0.15) is 11.7 Å².